The molecule has 2 aromatic rings. The second-order valence-electron chi connectivity index (χ2n) is 7.38. The lowest BCUT2D eigenvalue weighted by atomic mass is 10.2. The molecule has 9 nitrogen and oxygen atoms in total. The minimum atomic E-state index is -0.827. The van der Waals surface area contributed by atoms with Gasteiger partial charge < -0.3 is 20.3 Å². The van der Waals surface area contributed by atoms with Crippen molar-refractivity contribution < 1.29 is 14.3 Å². The molecule has 1 aliphatic rings. The van der Waals surface area contributed by atoms with Crippen LogP contribution in [0.3, 0.4) is 0 Å². The molecule has 10 heteroatoms. The maximum atomic E-state index is 12.3. The van der Waals surface area contributed by atoms with Crippen molar-refractivity contribution in [2.75, 3.05) is 23.3 Å². The number of carbonyl (C=O) groups is 2. The van der Waals surface area contributed by atoms with Gasteiger partial charge in [-0.2, -0.15) is 0 Å². The molecule has 0 bridgehead atoms. The lowest BCUT2D eigenvalue weighted by Gasteiger charge is -2.36. The average Bonchev–Trinajstić information content (AvgIpc) is 3.21. The van der Waals surface area contributed by atoms with Crippen molar-refractivity contribution in [3.63, 3.8) is 0 Å². The second kappa shape index (κ2) is 9.80. The molecule has 3 rings (SSSR count). The maximum absolute atomic E-state index is 12.3. The van der Waals surface area contributed by atoms with E-state index in [2.05, 4.69) is 27.1 Å². The largest absolute Gasteiger partial charge is 0.372 e. The third kappa shape index (κ3) is 5.74. The van der Waals surface area contributed by atoms with Gasteiger partial charge in [0, 0.05) is 18.5 Å². The van der Waals surface area contributed by atoms with Crippen LogP contribution in [-0.2, 0) is 14.3 Å². The third-order valence-corrected chi connectivity index (χ3v) is 5.42. The second-order valence-corrected chi connectivity index (χ2v) is 8.24. The maximum Gasteiger partial charge on any atom is 0.269 e. The number of hydrogen-bond acceptors (Lipinski definition) is 8. The van der Waals surface area contributed by atoms with Crippen molar-refractivity contribution in [1.29, 1.82) is 5.41 Å². The molecule has 3 atom stereocenters. The Labute approximate surface area is 185 Å². The quantitative estimate of drug-likeness (QED) is 0.567. The van der Waals surface area contributed by atoms with Gasteiger partial charge in [0.1, 0.15) is 23.3 Å². The van der Waals surface area contributed by atoms with Gasteiger partial charge in [0.05, 0.1) is 17.9 Å². The van der Waals surface area contributed by atoms with E-state index < -0.39 is 17.9 Å². The fraction of sp³-hybridized carbons (Fsp3) is 0.381. The first-order valence-corrected chi connectivity index (χ1v) is 10.8. The number of carbonyl (C=O) groups excluding carboxylic acids is 2. The van der Waals surface area contributed by atoms with Crippen molar-refractivity contribution in [1.82, 2.24) is 15.3 Å². The van der Waals surface area contributed by atoms with Crippen LogP contribution in [0.5, 0.6) is 0 Å². The zero-order valence-corrected chi connectivity index (χ0v) is 18.5. The summed E-state index contributed by atoms with van der Waals surface area (Å²) in [7, 11) is 0. The van der Waals surface area contributed by atoms with E-state index in [1.807, 2.05) is 37.4 Å². The van der Waals surface area contributed by atoms with Crippen LogP contribution in [-0.4, -0.2) is 58.8 Å². The zero-order chi connectivity index (χ0) is 22.5. The molecule has 1 fully saturated rings. The molecule has 0 spiro atoms. The molecule has 31 heavy (non-hydrogen) atoms. The Kier molecular flexibility index (Phi) is 7.13. The Hall–Kier alpha value is -3.11. The van der Waals surface area contributed by atoms with Crippen LogP contribution < -0.4 is 15.5 Å². The molecule has 0 saturated carbocycles. The number of aromatic nitrogens is 2. The Morgan fingerprint density at radius 1 is 1.29 bits per heavy atom. The van der Waals surface area contributed by atoms with E-state index >= 15 is 0 Å². The van der Waals surface area contributed by atoms with Crippen molar-refractivity contribution >= 4 is 39.8 Å². The summed E-state index contributed by atoms with van der Waals surface area (Å²) >= 11 is 1.27. The Morgan fingerprint density at radius 2 is 2.00 bits per heavy atom. The summed E-state index contributed by atoms with van der Waals surface area (Å²) in [4.78, 5) is 35.4. The summed E-state index contributed by atoms with van der Waals surface area (Å²) in [5, 5.41) is 14.8. The van der Waals surface area contributed by atoms with E-state index in [4.69, 9.17) is 15.1 Å². The predicted octanol–water partition coefficient (Wildman–Crippen LogP) is 2.47. The van der Waals surface area contributed by atoms with Gasteiger partial charge >= 0.3 is 0 Å². The number of ether oxygens (including phenoxy) is 1. The molecule has 3 heterocycles. The van der Waals surface area contributed by atoms with Gasteiger partial charge in [-0.1, -0.05) is 12.6 Å². The van der Waals surface area contributed by atoms with Gasteiger partial charge in [-0.25, -0.2) is 9.97 Å². The Bertz CT molecular complexity index is 981. The van der Waals surface area contributed by atoms with Gasteiger partial charge in [0.15, 0.2) is 5.13 Å². The van der Waals surface area contributed by atoms with E-state index in [1.54, 1.807) is 0 Å². The van der Waals surface area contributed by atoms with E-state index in [0.29, 0.717) is 16.5 Å². The van der Waals surface area contributed by atoms with E-state index in [1.165, 1.54) is 18.3 Å². The van der Waals surface area contributed by atoms with E-state index in [-0.39, 0.29) is 17.9 Å². The lowest BCUT2D eigenvalue weighted by Crippen LogP contribution is -2.45. The van der Waals surface area contributed by atoms with Crippen LogP contribution in [0, 0.1) is 5.41 Å². The number of morpholine rings is 1. The van der Waals surface area contributed by atoms with Crippen LogP contribution in [0.2, 0.25) is 0 Å². The van der Waals surface area contributed by atoms with E-state index in [0.717, 1.165) is 25.0 Å². The molecular weight excluding hydrogens is 416 g/mol. The number of thiazole rings is 1. The molecule has 1 aliphatic heterocycles. The summed E-state index contributed by atoms with van der Waals surface area (Å²) in [6.45, 7) is 10.5. The minimum absolute atomic E-state index is 0.132. The molecule has 2 amide bonds. The van der Waals surface area contributed by atoms with Crippen molar-refractivity contribution in [3.8, 4) is 11.4 Å². The number of rotatable bonds is 7. The summed E-state index contributed by atoms with van der Waals surface area (Å²) < 4.78 is 5.79. The first kappa shape index (κ1) is 22.6. The standard InChI is InChI=1S/C21H26N6O3S/c1-5-15(22)20(29)23-14(4)19(28)26-21-25-17(11-31-21)16-7-6-8-18(24-16)27-9-12(2)30-13(3)10-27/h5-8,11-14,22H,1,9-10H2,2-4H3,(H,23,29)(H,25,26,28). The van der Waals surface area contributed by atoms with Crippen LogP contribution in [0.4, 0.5) is 10.9 Å². The van der Waals surface area contributed by atoms with Crippen LogP contribution in [0.25, 0.3) is 11.4 Å². The van der Waals surface area contributed by atoms with Crippen molar-refractivity contribution in [2.45, 2.75) is 39.0 Å². The summed E-state index contributed by atoms with van der Waals surface area (Å²) in [6.07, 6.45) is 1.38. The number of anilines is 2. The summed E-state index contributed by atoms with van der Waals surface area (Å²) in [6, 6.07) is 4.95. The highest BCUT2D eigenvalue weighted by Crippen LogP contribution is 2.26. The highest BCUT2D eigenvalue weighted by atomic mass is 32.1. The number of hydrogen-bond donors (Lipinski definition) is 3. The summed E-state index contributed by atoms with van der Waals surface area (Å²) in [5.74, 6) is -0.228. The van der Waals surface area contributed by atoms with E-state index in [9.17, 15) is 9.59 Å². The molecule has 3 N–H and O–H groups in total. The average molecular weight is 443 g/mol. The molecule has 0 radical (unpaired) electrons. The monoisotopic (exact) mass is 442 g/mol. The molecule has 3 unspecified atom stereocenters. The SMILES string of the molecule is C=CC(=N)C(=O)NC(C)C(=O)Nc1nc(-c2cccc(N3CC(C)OC(C)C3)n2)cs1. The Balaban J connectivity index is 1.67. The normalized spacial score (nSPS) is 19.4. The zero-order valence-electron chi connectivity index (χ0n) is 17.7. The van der Waals surface area contributed by atoms with Crippen LogP contribution >= 0.6 is 11.3 Å². The number of pyridine rings is 1. The fourth-order valence-electron chi connectivity index (χ4n) is 3.20. The van der Waals surface area contributed by atoms with Gasteiger partial charge in [0.25, 0.3) is 5.91 Å². The first-order chi connectivity index (χ1) is 14.8. The van der Waals surface area contributed by atoms with Crippen molar-refractivity contribution in [2.24, 2.45) is 0 Å². The number of amides is 2. The molecular formula is C21H26N6O3S. The molecule has 2 aromatic heterocycles. The highest BCUT2D eigenvalue weighted by molar-refractivity contribution is 7.14. The van der Waals surface area contributed by atoms with Crippen molar-refractivity contribution in [3.05, 3.63) is 36.2 Å². The van der Waals surface area contributed by atoms with Crippen LogP contribution in [0.15, 0.2) is 36.2 Å². The highest BCUT2D eigenvalue weighted by Gasteiger charge is 2.23. The topological polar surface area (TPSA) is 120 Å². The first-order valence-electron chi connectivity index (χ1n) is 9.93. The summed E-state index contributed by atoms with van der Waals surface area (Å²) in [5.41, 5.74) is 1.06. The van der Waals surface area contributed by atoms with Gasteiger partial charge in [-0.05, 0) is 39.0 Å². The smallest absolute Gasteiger partial charge is 0.269 e. The number of nitrogens with one attached hydrogen (secondary N) is 3. The van der Waals surface area contributed by atoms with Gasteiger partial charge in [0.2, 0.25) is 5.91 Å². The third-order valence-electron chi connectivity index (χ3n) is 4.66. The lowest BCUT2D eigenvalue weighted by molar-refractivity contribution is -0.122. The van der Waals surface area contributed by atoms with Gasteiger partial charge in [-0.3, -0.25) is 15.0 Å². The Morgan fingerprint density at radius 3 is 2.68 bits per heavy atom. The number of nitrogens with zero attached hydrogens (tertiary/aromatic N) is 3. The minimum Gasteiger partial charge on any atom is -0.372 e. The molecule has 164 valence electrons. The van der Waals surface area contributed by atoms with Gasteiger partial charge in [-0.15, -0.1) is 11.3 Å². The molecule has 0 aromatic carbocycles. The predicted molar refractivity (Wildman–Crippen MR) is 122 cm³/mol. The van der Waals surface area contributed by atoms with Crippen LogP contribution in [0.1, 0.15) is 20.8 Å². The molecule has 1 saturated heterocycles. The fourth-order valence-corrected chi connectivity index (χ4v) is 3.91. The molecule has 0 aliphatic carbocycles.